The van der Waals surface area contributed by atoms with E-state index in [4.69, 9.17) is 12.2 Å². The summed E-state index contributed by atoms with van der Waals surface area (Å²) >= 11 is 5.18. The van der Waals surface area contributed by atoms with Gasteiger partial charge in [0.1, 0.15) is 16.9 Å². The molecule has 0 aliphatic carbocycles. The van der Waals surface area contributed by atoms with Crippen molar-refractivity contribution in [1.29, 1.82) is 0 Å². The molecule has 5 rings (SSSR count). The van der Waals surface area contributed by atoms with E-state index in [0.29, 0.717) is 17.1 Å². The first kappa shape index (κ1) is 25.7. The number of benzene rings is 2. The standard InChI is InChI=1S/C24H20N8O5S2/c1-11-9-12(2)26-23(25-11)32-39(36,37)15-6-3-13(4-7-15)27-22-29-20-18(21(35)31-22)19(28-24(38)30-20)16-8-5-14(33)10-17(16)34/h3-10,33-34H,1-2H3,(H,25,26,32)(H3,27,28,29,30,31,35,38). The summed E-state index contributed by atoms with van der Waals surface area (Å²) in [7, 11) is -3.95. The molecule has 0 atom stereocenters. The van der Waals surface area contributed by atoms with Crippen LogP contribution in [0.1, 0.15) is 11.4 Å². The molecule has 0 unspecified atom stereocenters. The van der Waals surface area contributed by atoms with Gasteiger partial charge in [0.2, 0.25) is 11.9 Å². The quantitative estimate of drug-likeness (QED) is 0.165. The smallest absolute Gasteiger partial charge is 0.264 e. The molecule has 0 aliphatic heterocycles. The average molecular weight is 565 g/mol. The number of aromatic hydroxyl groups is 2. The van der Waals surface area contributed by atoms with E-state index in [1.807, 2.05) is 0 Å². The number of hydrogen-bond acceptors (Lipinski definition) is 11. The number of hydrogen-bond donors (Lipinski definition) is 6. The summed E-state index contributed by atoms with van der Waals surface area (Å²) in [5, 5.41) is 22.8. The maximum absolute atomic E-state index is 13.0. The van der Waals surface area contributed by atoms with E-state index in [-0.39, 0.29) is 55.4 Å². The summed E-state index contributed by atoms with van der Waals surface area (Å²) in [6, 6.07) is 11.4. The Morgan fingerprint density at radius 1 is 0.897 bits per heavy atom. The normalized spacial score (nSPS) is 11.4. The Labute approximate surface area is 225 Å². The van der Waals surface area contributed by atoms with Crippen LogP contribution in [0.4, 0.5) is 17.6 Å². The van der Waals surface area contributed by atoms with E-state index >= 15 is 0 Å². The van der Waals surface area contributed by atoms with Crippen LogP contribution >= 0.6 is 12.2 Å². The summed E-state index contributed by atoms with van der Waals surface area (Å²) in [4.78, 5) is 35.0. The van der Waals surface area contributed by atoms with Crippen LogP contribution in [0.3, 0.4) is 0 Å². The third-order valence-electron chi connectivity index (χ3n) is 5.48. The number of fused-ring (bicyclic) bond motifs is 1. The minimum atomic E-state index is -3.95. The first-order valence-electron chi connectivity index (χ1n) is 11.3. The van der Waals surface area contributed by atoms with Crippen molar-refractivity contribution in [2.45, 2.75) is 18.7 Å². The van der Waals surface area contributed by atoms with Crippen LogP contribution in [-0.4, -0.2) is 48.5 Å². The zero-order valence-corrected chi connectivity index (χ0v) is 22.0. The zero-order valence-electron chi connectivity index (χ0n) is 20.3. The molecule has 6 N–H and O–H groups in total. The average Bonchev–Trinajstić information content (AvgIpc) is 2.82. The van der Waals surface area contributed by atoms with Crippen molar-refractivity contribution in [3.05, 3.63) is 75.0 Å². The fraction of sp³-hybridized carbons (Fsp3) is 0.0833. The van der Waals surface area contributed by atoms with Crippen molar-refractivity contribution in [3.63, 3.8) is 0 Å². The fourth-order valence-electron chi connectivity index (χ4n) is 3.86. The Balaban J connectivity index is 1.44. The number of rotatable bonds is 6. The molecule has 13 nitrogen and oxygen atoms in total. The van der Waals surface area contributed by atoms with Crippen molar-refractivity contribution in [1.82, 2.24) is 29.9 Å². The maximum Gasteiger partial charge on any atom is 0.264 e. The van der Waals surface area contributed by atoms with Crippen LogP contribution in [0.25, 0.3) is 22.3 Å². The van der Waals surface area contributed by atoms with Gasteiger partial charge >= 0.3 is 0 Å². The van der Waals surface area contributed by atoms with Crippen LogP contribution < -0.4 is 15.6 Å². The highest BCUT2D eigenvalue weighted by Crippen LogP contribution is 2.33. The Morgan fingerprint density at radius 3 is 2.26 bits per heavy atom. The fourth-order valence-corrected chi connectivity index (χ4v) is 4.99. The third-order valence-corrected chi connectivity index (χ3v) is 7.01. The van der Waals surface area contributed by atoms with E-state index < -0.39 is 15.6 Å². The van der Waals surface area contributed by atoms with E-state index in [1.165, 1.54) is 36.4 Å². The monoisotopic (exact) mass is 564 g/mol. The van der Waals surface area contributed by atoms with E-state index in [2.05, 4.69) is 39.9 Å². The predicted molar refractivity (Wildman–Crippen MR) is 146 cm³/mol. The molecule has 0 radical (unpaired) electrons. The Morgan fingerprint density at radius 2 is 1.59 bits per heavy atom. The number of aromatic amines is 2. The second kappa shape index (κ2) is 9.77. The lowest BCUT2D eigenvalue weighted by molar-refractivity contribution is 0.452. The molecule has 198 valence electrons. The largest absolute Gasteiger partial charge is 0.508 e. The summed E-state index contributed by atoms with van der Waals surface area (Å²) in [5.74, 6) is -0.430. The minimum absolute atomic E-state index is 0.00400. The summed E-state index contributed by atoms with van der Waals surface area (Å²) in [6.07, 6.45) is 0. The Hall–Kier alpha value is -4.89. The summed E-state index contributed by atoms with van der Waals surface area (Å²) in [5.41, 5.74) is 1.49. The van der Waals surface area contributed by atoms with Gasteiger partial charge in [0.25, 0.3) is 15.6 Å². The minimum Gasteiger partial charge on any atom is -0.508 e. The summed E-state index contributed by atoms with van der Waals surface area (Å²) in [6.45, 7) is 3.47. The van der Waals surface area contributed by atoms with Gasteiger partial charge in [0.05, 0.1) is 10.6 Å². The lowest BCUT2D eigenvalue weighted by Gasteiger charge is -2.11. The summed E-state index contributed by atoms with van der Waals surface area (Å²) < 4.78 is 27.9. The van der Waals surface area contributed by atoms with Crippen molar-refractivity contribution in [2.75, 3.05) is 10.0 Å². The number of aromatic nitrogens is 6. The number of aryl methyl sites for hydroxylation is 2. The molecular weight excluding hydrogens is 544 g/mol. The van der Waals surface area contributed by atoms with Gasteiger partial charge in [0.15, 0.2) is 10.4 Å². The van der Waals surface area contributed by atoms with Crippen LogP contribution in [0, 0.1) is 18.6 Å². The molecule has 0 aliphatic rings. The molecule has 3 aromatic heterocycles. The van der Waals surface area contributed by atoms with Crippen molar-refractivity contribution >= 4 is 50.9 Å². The number of H-pyrrole nitrogens is 2. The molecule has 39 heavy (non-hydrogen) atoms. The first-order chi connectivity index (χ1) is 18.5. The second-order valence-corrected chi connectivity index (χ2v) is 10.5. The maximum atomic E-state index is 13.0. The number of sulfonamides is 1. The van der Waals surface area contributed by atoms with Crippen molar-refractivity contribution in [2.24, 2.45) is 0 Å². The highest BCUT2D eigenvalue weighted by Gasteiger charge is 2.18. The van der Waals surface area contributed by atoms with Gasteiger partial charge in [-0.3, -0.25) is 9.78 Å². The van der Waals surface area contributed by atoms with Gasteiger partial charge in [-0.05, 0) is 68.5 Å². The van der Waals surface area contributed by atoms with Gasteiger partial charge in [-0.25, -0.2) is 23.1 Å². The Bertz CT molecular complexity index is 1950. The van der Waals surface area contributed by atoms with Gasteiger partial charge in [-0.15, -0.1) is 0 Å². The highest BCUT2D eigenvalue weighted by atomic mass is 32.2. The lowest BCUT2D eigenvalue weighted by atomic mass is 10.1. The zero-order chi connectivity index (χ0) is 27.9. The number of phenolic OH excluding ortho intramolecular Hbond substituents is 2. The van der Waals surface area contributed by atoms with Crippen LogP contribution in [0.2, 0.25) is 0 Å². The number of phenols is 2. The van der Waals surface area contributed by atoms with Crippen LogP contribution in [0.15, 0.2) is 58.2 Å². The molecule has 0 saturated heterocycles. The lowest BCUT2D eigenvalue weighted by Crippen LogP contribution is -2.16. The molecule has 0 fully saturated rings. The first-order valence-corrected chi connectivity index (χ1v) is 13.2. The molecule has 5 aromatic rings. The topological polar surface area (TPSA) is 199 Å². The van der Waals surface area contributed by atoms with Gasteiger partial charge in [0, 0.05) is 28.7 Å². The second-order valence-electron chi connectivity index (χ2n) is 8.46. The molecule has 3 heterocycles. The third kappa shape index (κ3) is 5.39. The number of nitrogens with one attached hydrogen (secondary N) is 4. The van der Waals surface area contributed by atoms with Crippen LogP contribution in [0.5, 0.6) is 11.5 Å². The van der Waals surface area contributed by atoms with Gasteiger partial charge < -0.3 is 20.5 Å². The molecule has 15 heteroatoms. The van der Waals surface area contributed by atoms with Crippen molar-refractivity contribution < 1.29 is 18.6 Å². The molecule has 0 amide bonds. The molecule has 0 spiro atoms. The SMILES string of the molecule is Cc1cc(C)nc(NS(=O)(=O)c2ccc(Nc3nc4nc(=S)[nH]c(-c5ccc(O)cc5O)c4c(=O)[nH]3)cc2)n1. The molecule has 0 bridgehead atoms. The molecule has 2 aromatic carbocycles. The van der Waals surface area contributed by atoms with Crippen molar-refractivity contribution in [3.8, 4) is 22.8 Å². The van der Waals surface area contributed by atoms with Gasteiger partial charge in [-0.2, -0.15) is 9.97 Å². The highest BCUT2D eigenvalue weighted by molar-refractivity contribution is 7.92. The van der Waals surface area contributed by atoms with Crippen LogP contribution in [-0.2, 0) is 10.0 Å². The van der Waals surface area contributed by atoms with E-state index in [9.17, 15) is 23.4 Å². The number of anilines is 3. The Kier molecular flexibility index (Phi) is 6.45. The van der Waals surface area contributed by atoms with E-state index in [0.717, 1.165) is 6.07 Å². The number of nitrogens with zero attached hydrogens (tertiary/aromatic N) is 4. The molecular formula is C24H20N8O5S2. The molecule has 0 saturated carbocycles. The van der Waals surface area contributed by atoms with Gasteiger partial charge in [-0.1, -0.05) is 0 Å². The predicted octanol–water partition coefficient (Wildman–Crippen LogP) is 3.41. The van der Waals surface area contributed by atoms with E-state index in [1.54, 1.807) is 19.9 Å².